The first kappa shape index (κ1) is 31.7. The van der Waals surface area contributed by atoms with Crippen LogP contribution in [0.3, 0.4) is 0 Å². The maximum absolute atomic E-state index is 6.23. The Kier molecular flexibility index (Phi) is 9.54. The first-order valence-electron chi connectivity index (χ1n) is 16.1. The van der Waals surface area contributed by atoms with Crippen molar-refractivity contribution in [3.8, 4) is 16.9 Å². The van der Waals surface area contributed by atoms with Gasteiger partial charge in [0.1, 0.15) is 18.3 Å². The van der Waals surface area contributed by atoms with E-state index in [2.05, 4.69) is 55.9 Å². The highest BCUT2D eigenvalue weighted by Gasteiger charge is 2.25. The molecule has 0 bridgehead atoms. The third-order valence-electron chi connectivity index (χ3n) is 8.38. The molecular formula is C34H39N10O3Si. The lowest BCUT2D eigenvalue weighted by Crippen LogP contribution is -2.38. The molecule has 48 heavy (non-hydrogen) atoms. The predicted octanol–water partition coefficient (Wildman–Crippen LogP) is 4.71. The van der Waals surface area contributed by atoms with Gasteiger partial charge in [-0.15, -0.1) is 0 Å². The van der Waals surface area contributed by atoms with Crippen LogP contribution < -0.4 is 14.5 Å². The van der Waals surface area contributed by atoms with Crippen molar-refractivity contribution < 1.29 is 14.2 Å². The van der Waals surface area contributed by atoms with Gasteiger partial charge < -0.3 is 28.6 Å². The Bertz CT molecular complexity index is 1960. The highest BCUT2D eigenvalue weighted by molar-refractivity contribution is 6.55. The van der Waals surface area contributed by atoms with E-state index in [-0.39, 0.29) is 8.80 Å². The summed E-state index contributed by atoms with van der Waals surface area (Å²) in [5.41, 5.74) is 5.44. The molecule has 14 heteroatoms. The summed E-state index contributed by atoms with van der Waals surface area (Å²) >= 11 is 0. The van der Waals surface area contributed by atoms with E-state index in [9.17, 15) is 0 Å². The molecule has 6 aromatic rings. The lowest BCUT2D eigenvalue weighted by Gasteiger charge is -2.29. The summed E-state index contributed by atoms with van der Waals surface area (Å²) in [5, 5.41) is 12.9. The van der Waals surface area contributed by atoms with Crippen LogP contribution in [0.1, 0.15) is 11.4 Å². The number of para-hydroxylation sites is 2. The molecule has 13 nitrogen and oxygen atoms in total. The van der Waals surface area contributed by atoms with Gasteiger partial charge in [0.25, 0.3) is 0 Å². The first-order valence-corrected chi connectivity index (χ1v) is 18.8. The molecule has 0 atom stereocenters. The van der Waals surface area contributed by atoms with Crippen molar-refractivity contribution in [2.45, 2.75) is 39.0 Å². The molecule has 2 aromatic carbocycles. The molecule has 0 amide bonds. The molecule has 0 N–H and O–H groups in total. The fourth-order valence-corrected chi connectivity index (χ4v) is 6.31. The number of hydrogen-bond acceptors (Lipinski definition) is 11. The summed E-state index contributed by atoms with van der Waals surface area (Å²) in [5.74, 6) is 2.94. The second kappa shape index (κ2) is 14.5. The topological polar surface area (TPSA) is 121 Å². The number of hydrogen-bond donors (Lipinski definition) is 0. The third-order valence-corrected chi connectivity index (χ3v) is 9.58. The average Bonchev–Trinajstić information content (AvgIpc) is 3.71. The molecule has 1 fully saturated rings. The molecule has 4 aromatic heterocycles. The van der Waals surface area contributed by atoms with E-state index >= 15 is 0 Å². The largest absolute Gasteiger partial charge is 0.497 e. The second-order valence-corrected chi connectivity index (χ2v) is 14.9. The minimum Gasteiger partial charge on any atom is -0.497 e. The Morgan fingerprint density at radius 3 is 2.52 bits per heavy atom. The SMILES string of the molecule is COc1ccc(CN(Cc2nc3ccccc3n2COCC[Si](C)C)c2nc(N3CCOCC3)nc3c(-c4ccnnc4)cnn23)cc1. The fraction of sp³-hybridized carbons (Fsp3) is 0.353. The van der Waals surface area contributed by atoms with E-state index < -0.39 is 0 Å². The zero-order valence-electron chi connectivity index (χ0n) is 27.5. The van der Waals surface area contributed by atoms with Crippen molar-refractivity contribution in [3.05, 3.63) is 84.6 Å². The van der Waals surface area contributed by atoms with Gasteiger partial charge in [0.2, 0.25) is 11.9 Å². The number of methoxy groups -OCH3 is 1. The highest BCUT2D eigenvalue weighted by atomic mass is 28.3. The van der Waals surface area contributed by atoms with Gasteiger partial charge in [-0.2, -0.15) is 29.8 Å². The number of ether oxygens (including phenoxy) is 3. The zero-order valence-corrected chi connectivity index (χ0v) is 28.5. The number of fused-ring (bicyclic) bond motifs is 2. The number of aromatic nitrogens is 8. The van der Waals surface area contributed by atoms with Crippen molar-refractivity contribution in [1.29, 1.82) is 0 Å². The molecule has 1 saturated heterocycles. The van der Waals surface area contributed by atoms with Crippen LogP contribution in [0.2, 0.25) is 19.1 Å². The summed E-state index contributed by atoms with van der Waals surface area (Å²) in [6, 6.07) is 19.3. The van der Waals surface area contributed by atoms with E-state index in [1.54, 1.807) is 19.5 Å². The fourth-order valence-electron chi connectivity index (χ4n) is 5.76. The molecule has 5 heterocycles. The van der Waals surface area contributed by atoms with Crippen molar-refractivity contribution in [1.82, 2.24) is 39.3 Å². The predicted molar refractivity (Wildman–Crippen MR) is 186 cm³/mol. The minimum absolute atomic E-state index is 0.383. The third kappa shape index (κ3) is 6.86. The second-order valence-electron chi connectivity index (χ2n) is 12.0. The molecule has 1 aliphatic heterocycles. The standard InChI is InChI=1S/C34H39N10O3Si/c1-45-27-10-8-25(9-11-27)22-42(23-31-38-29-6-4-5-7-30(29)43(31)24-47-18-19-48(2)3)34-40-33(41-14-16-46-17-15-41)39-32-28(21-37-44(32)34)26-12-13-35-36-20-26/h4-13,20-21H,14-19,22-24H2,1-3H3. The monoisotopic (exact) mass is 663 g/mol. The summed E-state index contributed by atoms with van der Waals surface area (Å²) in [6.07, 6.45) is 5.22. The number of imidazole rings is 1. The van der Waals surface area contributed by atoms with Crippen LogP contribution in [-0.4, -0.2) is 88.1 Å². The van der Waals surface area contributed by atoms with Gasteiger partial charge in [0, 0.05) is 46.2 Å². The normalized spacial score (nSPS) is 13.5. The molecule has 0 spiro atoms. The smallest absolute Gasteiger partial charge is 0.232 e. The van der Waals surface area contributed by atoms with Gasteiger partial charge in [0.15, 0.2) is 5.65 Å². The highest BCUT2D eigenvalue weighted by Crippen LogP contribution is 2.29. The molecular weight excluding hydrogens is 625 g/mol. The van der Waals surface area contributed by atoms with Gasteiger partial charge >= 0.3 is 0 Å². The summed E-state index contributed by atoms with van der Waals surface area (Å²) in [7, 11) is 1.29. The van der Waals surface area contributed by atoms with E-state index in [4.69, 9.17) is 34.3 Å². The molecule has 0 saturated carbocycles. The first-order chi connectivity index (χ1) is 23.6. The maximum Gasteiger partial charge on any atom is 0.232 e. The van der Waals surface area contributed by atoms with Crippen molar-refractivity contribution >= 4 is 37.4 Å². The van der Waals surface area contributed by atoms with Gasteiger partial charge in [0.05, 0.1) is 56.5 Å². The van der Waals surface area contributed by atoms with Crippen molar-refractivity contribution in [2.24, 2.45) is 0 Å². The van der Waals surface area contributed by atoms with Crippen LogP contribution in [0.15, 0.2) is 73.2 Å². The molecule has 0 unspecified atom stereocenters. The Morgan fingerprint density at radius 1 is 0.917 bits per heavy atom. The summed E-state index contributed by atoms with van der Waals surface area (Å²) in [6.45, 7) is 9.35. The lowest BCUT2D eigenvalue weighted by molar-refractivity contribution is 0.0882. The molecule has 1 aliphatic rings. The van der Waals surface area contributed by atoms with Crippen LogP contribution in [-0.2, 0) is 29.3 Å². The van der Waals surface area contributed by atoms with E-state index in [0.717, 1.165) is 51.9 Å². The molecule has 7 rings (SSSR count). The maximum atomic E-state index is 6.23. The number of rotatable bonds is 13. The molecule has 0 aliphatic carbocycles. The van der Waals surface area contributed by atoms with Crippen LogP contribution in [0.5, 0.6) is 5.75 Å². The van der Waals surface area contributed by atoms with Crippen LogP contribution in [0, 0.1) is 0 Å². The number of morpholine rings is 1. The number of nitrogens with zero attached hydrogens (tertiary/aromatic N) is 10. The Morgan fingerprint density at radius 2 is 1.75 bits per heavy atom. The van der Waals surface area contributed by atoms with Crippen molar-refractivity contribution in [2.75, 3.05) is 49.8 Å². The van der Waals surface area contributed by atoms with Gasteiger partial charge in [-0.05, 0) is 41.9 Å². The van der Waals surface area contributed by atoms with E-state index in [0.29, 0.717) is 63.7 Å². The number of benzene rings is 2. The quantitative estimate of drug-likeness (QED) is 0.126. The van der Waals surface area contributed by atoms with Crippen LogP contribution in [0.25, 0.3) is 27.8 Å². The van der Waals surface area contributed by atoms with Gasteiger partial charge in [-0.3, -0.25) is 0 Å². The number of anilines is 2. The summed E-state index contributed by atoms with van der Waals surface area (Å²) < 4.78 is 21.3. The van der Waals surface area contributed by atoms with E-state index in [1.165, 1.54) is 0 Å². The lowest BCUT2D eigenvalue weighted by atomic mass is 10.2. The average molecular weight is 664 g/mol. The van der Waals surface area contributed by atoms with Crippen LogP contribution in [0.4, 0.5) is 11.9 Å². The van der Waals surface area contributed by atoms with Crippen molar-refractivity contribution in [3.63, 3.8) is 0 Å². The van der Waals surface area contributed by atoms with Gasteiger partial charge in [-0.25, -0.2) is 4.98 Å². The zero-order chi connectivity index (χ0) is 32.9. The summed E-state index contributed by atoms with van der Waals surface area (Å²) in [4.78, 5) is 19.8. The van der Waals surface area contributed by atoms with Crippen LogP contribution >= 0.6 is 0 Å². The Labute approximate surface area is 280 Å². The molecule has 1 radical (unpaired) electrons. The Hall–Kier alpha value is -4.92. The van der Waals surface area contributed by atoms with Gasteiger partial charge in [-0.1, -0.05) is 37.4 Å². The van der Waals surface area contributed by atoms with E-state index in [1.807, 2.05) is 47.1 Å². The molecule has 247 valence electrons. The Balaban J connectivity index is 1.35. The minimum atomic E-state index is -0.383.